The van der Waals surface area contributed by atoms with Crippen LogP contribution in [0.25, 0.3) is 42.3 Å². The summed E-state index contributed by atoms with van der Waals surface area (Å²) < 4.78 is 4.84. The van der Waals surface area contributed by atoms with E-state index >= 15 is 0 Å². The Labute approximate surface area is 150 Å². The smallest absolute Gasteiger partial charge is 0.232 e. The molecule has 0 N–H and O–H groups in total. The average molecular weight is 341 g/mol. The van der Waals surface area contributed by atoms with Gasteiger partial charge in [0.05, 0.1) is 12.4 Å². The van der Waals surface area contributed by atoms with Crippen molar-refractivity contribution in [3.63, 3.8) is 0 Å². The summed E-state index contributed by atoms with van der Waals surface area (Å²) in [5, 5.41) is 3.87. The van der Waals surface area contributed by atoms with Crippen LogP contribution in [0.5, 0.6) is 0 Å². The SMILES string of the molecule is Cc1ccc2c(sc3ccccc32)c1-c1c2ccccc2nc[n+]1C. The zero-order valence-corrected chi connectivity index (χ0v) is 15.0. The lowest BCUT2D eigenvalue weighted by molar-refractivity contribution is -0.662. The van der Waals surface area contributed by atoms with Gasteiger partial charge in [-0.3, -0.25) is 0 Å². The Kier molecular flexibility index (Phi) is 3.12. The summed E-state index contributed by atoms with van der Waals surface area (Å²) in [6.45, 7) is 2.20. The van der Waals surface area contributed by atoms with Crippen LogP contribution in [0.1, 0.15) is 5.56 Å². The van der Waals surface area contributed by atoms with Crippen LogP contribution in [-0.4, -0.2) is 4.98 Å². The normalized spacial score (nSPS) is 11.6. The Morgan fingerprint density at radius 1 is 0.840 bits per heavy atom. The van der Waals surface area contributed by atoms with Gasteiger partial charge >= 0.3 is 0 Å². The summed E-state index contributed by atoms with van der Waals surface area (Å²) in [5.74, 6) is 0. The first kappa shape index (κ1) is 14.6. The molecule has 120 valence electrons. The highest BCUT2D eigenvalue weighted by atomic mass is 32.1. The fourth-order valence-corrected chi connectivity index (χ4v) is 4.98. The van der Waals surface area contributed by atoms with E-state index in [1.54, 1.807) is 0 Å². The second-order valence-corrected chi connectivity index (χ2v) is 7.51. The molecule has 0 aliphatic carbocycles. The molecule has 0 aliphatic rings. The van der Waals surface area contributed by atoms with Gasteiger partial charge in [0.2, 0.25) is 0 Å². The molecule has 5 aromatic rings. The van der Waals surface area contributed by atoms with Crippen molar-refractivity contribution in [2.24, 2.45) is 7.05 Å². The highest BCUT2D eigenvalue weighted by molar-refractivity contribution is 7.26. The number of para-hydroxylation sites is 1. The fourth-order valence-electron chi connectivity index (χ4n) is 3.68. The second kappa shape index (κ2) is 5.36. The molecule has 0 atom stereocenters. The number of hydrogen-bond acceptors (Lipinski definition) is 2. The molecular weight excluding hydrogens is 324 g/mol. The number of aromatic nitrogens is 2. The maximum absolute atomic E-state index is 4.59. The van der Waals surface area contributed by atoms with E-state index < -0.39 is 0 Å². The van der Waals surface area contributed by atoms with Crippen LogP contribution in [0.15, 0.2) is 67.0 Å². The van der Waals surface area contributed by atoms with Crippen molar-refractivity contribution in [3.05, 3.63) is 72.6 Å². The van der Waals surface area contributed by atoms with E-state index in [9.17, 15) is 0 Å². The number of rotatable bonds is 1. The molecule has 0 radical (unpaired) electrons. The van der Waals surface area contributed by atoms with Gasteiger partial charge < -0.3 is 0 Å². The van der Waals surface area contributed by atoms with Crippen LogP contribution in [-0.2, 0) is 7.05 Å². The standard InChI is InChI=1S/C22H17N2S/c1-14-11-12-16-15-7-4-6-10-19(15)25-22(16)20(14)21-17-8-3-5-9-18(17)23-13-24(21)2/h3-13H,1-2H3/q+1. The molecule has 2 heterocycles. The highest BCUT2D eigenvalue weighted by Gasteiger charge is 2.20. The van der Waals surface area contributed by atoms with Crippen molar-refractivity contribution in [3.8, 4) is 11.3 Å². The van der Waals surface area contributed by atoms with Crippen LogP contribution in [0.3, 0.4) is 0 Å². The van der Waals surface area contributed by atoms with E-state index in [0.29, 0.717) is 0 Å². The van der Waals surface area contributed by atoms with Crippen molar-refractivity contribution in [1.29, 1.82) is 0 Å². The predicted molar refractivity (Wildman–Crippen MR) is 106 cm³/mol. The van der Waals surface area contributed by atoms with Crippen LogP contribution < -0.4 is 4.57 Å². The first-order valence-corrected chi connectivity index (χ1v) is 9.20. The summed E-state index contributed by atoms with van der Waals surface area (Å²) in [4.78, 5) is 4.59. The molecular formula is C22H17N2S+. The lowest BCUT2D eigenvalue weighted by Crippen LogP contribution is -2.31. The van der Waals surface area contributed by atoms with Crippen LogP contribution in [0, 0.1) is 6.92 Å². The van der Waals surface area contributed by atoms with Gasteiger partial charge in [-0.15, -0.1) is 11.3 Å². The van der Waals surface area contributed by atoms with Crippen LogP contribution >= 0.6 is 11.3 Å². The molecule has 0 saturated heterocycles. The van der Waals surface area contributed by atoms with Crippen molar-refractivity contribution < 1.29 is 4.57 Å². The molecule has 0 fully saturated rings. The minimum Gasteiger partial charge on any atom is -0.232 e. The summed E-state index contributed by atoms with van der Waals surface area (Å²) in [6, 6.07) is 21.6. The lowest BCUT2D eigenvalue weighted by Gasteiger charge is -2.10. The maximum atomic E-state index is 4.59. The summed E-state index contributed by atoms with van der Waals surface area (Å²) >= 11 is 1.88. The molecule has 3 aromatic carbocycles. The molecule has 2 aromatic heterocycles. The molecule has 2 nitrogen and oxygen atoms in total. The van der Waals surface area contributed by atoms with E-state index in [1.807, 2.05) is 23.7 Å². The van der Waals surface area contributed by atoms with Gasteiger partial charge in [-0.2, -0.15) is 0 Å². The number of hydrogen-bond donors (Lipinski definition) is 0. The minimum atomic E-state index is 1.04. The second-order valence-electron chi connectivity index (χ2n) is 6.45. The topological polar surface area (TPSA) is 16.8 Å². The molecule has 0 unspecified atom stereocenters. The molecule has 0 bridgehead atoms. The van der Waals surface area contributed by atoms with E-state index in [4.69, 9.17) is 0 Å². The number of aryl methyl sites for hydroxylation is 2. The van der Waals surface area contributed by atoms with Gasteiger partial charge in [-0.05, 0) is 35.7 Å². The largest absolute Gasteiger partial charge is 0.287 e. The van der Waals surface area contributed by atoms with E-state index in [0.717, 1.165) is 5.52 Å². The van der Waals surface area contributed by atoms with Crippen molar-refractivity contribution >= 4 is 42.4 Å². The quantitative estimate of drug-likeness (QED) is 0.373. The molecule has 0 spiro atoms. The minimum absolute atomic E-state index is 1.04. The van der Waals surface area contributed by atoms with Crippen molar-refractivity contribution in [1.82, 2.24) is 4.98 Å². The Morgan fingerprint density at radius 3 is 2.48 bits per heavy atom. The fraction of sp³-hybridized carbons (Fsp3) is 0.0909. The molecule has 25 heavy (non-hydrogen) atoms. The Morgan fingerprint density at radius 2 is 1.60 bits per heavy atom. The van der Waals surface area contributed by atoms with Gasteiger partial charge in [0.1, 0.15) is 5.69 Å². The third-order valence-corrected chi connectivity index (χ3v) is 6.08. The van der Waals surface area contributed by atoms with Gasteiger partial charge in [0.15, 0.2) is 5.52 Å². The van der Waals surface area contributed by atoms with Gasteiger partial charge in [-0.1, -0.05) is 42.5 Å². The lowest BCUT2D eigenvalue weighted by atomic mass is 9.98. The predicted octanol–water partition coefficient (Wildman–Crippen LogP) is 5.40. The van der Waals surface area contributed by atoms with E-state index in [-0.39, 0.29) is 0 Å². The zero-order valence-electron chi connectivity index (χ0n) is 14.2. The Bertz CT molecular complexity index is 1270. The van der Waals surface area contributed by atoms with E-state index in [1.165, 1.54) is 42.4 Å². The van der Waals surface area contributed by atoms with Crippen LogP contribution in [0.4, 0.5) is 0 Å². The van der Waals surface area contributed by atoms with Crippen molar-refractivity contribution in [2.45, 2.75) is 6.92 Å². The Balaban J connectivity index is 2.00. The molecule has 3 heteroatoms. The zero-order chi connectivity index (χ0) is 17.0. The average Bonchev–Trinajstić information content (AvgIpc) is 3.01. The number of thiophene rings is 1. The number of benzene rings is 3. The third kappa shape index (κ3) is 2.09. The first-order valence-electron chi connectivity index (χ1n) is 8.38. The maximum Gasteiger partial charge on any atom is 0.287 e. The third-order valence-electron chi connectivity index (χ3n) is 4.87. The van der Waals surface area contributed by atoms with Gasteiger partial charge in [0, 0.05) is 25.7 Å². The monoisotopic (exact) mass is 341 g/mol. The summed E-state index contributed by atoms with van der Waals surface area (Å²) in [7, 11) is 2.08. The molecule has 0 amide bonds. The van der Waals surface area contributed by atoms with E-state index in [2.05, 4.69) is 78.1 Å². The first-order chi connectivity index (χ1) is 12.2. The molecule has 5 rings (SSSR count). The highest BCUT2D eigenvalue weighted by Crippen LogP contribution is 2.41. The van der Waals surface area contributed by atoms with Crippen molar-refractivity contribution in [2.75, 3.05) is 0 Å². The summed E-state index contributed by atoms with van der Waals surface area (Å²) in [5.41, 5.74) is 4.89. The van der Waals surface area contributed by atoms with Crippen LogP contribution in [0.2, 0.25) is 0 Å². The number of fused-ring (bicyclic) bond motifs is 4. The van der Waals surface area contributed by atoms with Gasteiger partial charge in [0.25, 0.3) is 6.33 Å². The van der Waals surface area contributed by atoms with Gasteiger partial charge in [-0.25, -0.2) is 4.57 Å². The number of nitrogens with zero attached hydrogens (tertiary/aromatic N) is 2. The summed E-state index contributed by atoms with van der Waals surface area (Å²) in [6.07, 6.45) is 1.92. The Hall–Kier alpha value is -2.78. The molecule has 0 aliphatic heterocycles. The molecule has 0 saturated carbocycles.